The lowest BCUT2D eigenvalue weighted by atomic mass is 9.95. The van der Waals surface area contributed by atoms with Gasteiger partial charge in [0.05, 0.1) is 11.7 Å². The summed E-state index contributed by atoms with van der Waals surface area (Å²) in [5.74, 6) is 0.747. The Bertz CT molecular complexity index is 1510. The molecular formula is C32H27N3O2. The number of benzene rings is 4. The Morgan fingerprint density at radius 3 is 2.14 bits per heavy atom. The largest absolute Gasteiger partial charge is 0.489 e. The number of aryl methyl sites for hydroxylation is 1. The van der Waals surface area contributed by atoms with Crippen LogP contribution in [0.4, 0.5) is 0 Å². The average molecular weight is 486 g/mol. The van der Waals surface area contributed by atoms with Crippen LogP contribution >= 0.6 is 0 Å². The van der Waals surface area contributed by atoms with Crippen LogP contribution in [-0.2, 0) is 13.2 Å². The summed E-state index contributed by atoms with van der Waals surface area (Å²) in [6, 6.07) is 36.3. The number of nitrogens with one attached hydrogen (secondary N) is 1. The van der Waals surface area contributed by atoms with E-state index in [4.69, 9.17) is 4.74 Å². The second-order valence-electron chi connectivity index (χ2n) is 9.39. The third-order valence-electron chi connectivity index (χ3n) is 6.83. The first-order chi connectivity index (χ1) is 18.2. The van der Waals surface area contributed by atoms with Gasteiger partial charge in [0.1, 0.15) is 18.1 Å². The summed E-state index contributed by atoms with van der Waals surface area (Å²) in [5, 5.41) is 7.64. The van der Waals surface area contributed by atoms with Crippen LogP contribution in [0.2, 0.25) is 0 Å². The van der Waals surface area contributed by atoms with Gasteiger partial charge in [-0.2, -0.15) is 5.10 Å². The Kier molecular flexibility index (Phi) is 6.03. The zero-order valence-corrected chi connectivity index (χ0v) is 20.6. The monoisotopic (exact) mass is 485 g/mol. The summed E-state index contributed by atoms with van der Waals surface area (Å²) in [6.45, 7) is 3.08. The highest BCUT2D eigenvalue weighted by atomic mass is 16.5. The fraction of sp³-hybridized carbons (Fsp3) is 0.125. The minimum absolute atomic E-state index is 0.0425. The number of fused-ring (bicyclic) bond motifs is 1. The molecule has 0 spiro atoms. The van der Waals surface area contributed by atoms with Crippen molar-refractivity contribution in [3.63, 3.8) is 0 Å². The average Bonchev–Trinajstić information content (AvgIpc) is 3.48. The zero-order chi connectivity index (χ0) is 25.2. The summed E-state index contributed by atoms with van der Waals surface area (Å²) in [5.41, 5.74) is 7.68. The maximum absolute atomic E-state index is 13.6. The topological polar surface area (TPSA) is 58.2 Å². The third kappa shape index (κ3) is 4.52. The molecule has 1 N–H and O–H groups in total. The Morgan fingerprint density at radius 2 is 1.46 bits per heavy atom. The number of ether oxygens (including phenoxy) is 1. The number of rotatable bonds is 7. The molecular weight excluding hydrogens is 458 g/mol. The van der Waals surface area contributed by atoms with Gasteiger partial charge in [-0.25, -0.2) is 0 Å². The second kappa shape index (κ2) is 9.78. The van der Waals surface area contributed by atoms with Gasteiger partial charge in [0.2, 0.25) is 0 Å². The lowest BCUT2D eigenvalue weighted by Crippen LogP contribution is -2.29. The molecule has 1 aromatic heterocycles. The van der Waals surface area contributed by atoms with Gasteiger partial charge in [-0.1, -0.05) is 103 Å². The molecule has 37 heavy (non-hydrogen) atoms. The normalized spacial score (nSPS) is 14.6. The second-order valence-corrected chi connectivity index (χ2v) is 9.39. The van der Waals surface area contributed by atoms with Crippen LogP contribution in [-0.4, -0.2) is 21.0 Å². The van der Waals surface area contributed by atoms with Crippen molar-refractivity contribution in [2.45, 2.75) is 26.1 Å². The number of hydrogen-bond acceptors (Lipinski definition) is 3. The van der Waals surface area contributed by atoms with Crippen LogP contribution in [0.15, 0.2) is 109 Å². The van der Waals surface area contributed by atoms with Gasteiger partial charge < -0.3 is 9.64 Å². The van der Waals surface area contributed by atoms with Crippen molar-refractivity contribution in [3.05, 3.63) is 143 Å². The van der Waals surface area contributed by atoms with E-state index in [-0.39, 0.29) is 11.9 Å². The van der Waals surface area contributed by atoms with Gasteiger partial charge in [0.15, 0.2) is 0 Å². The van der Waals surface area contributed by atoms with Gasteiger partial charge in [-0.3, -0.25) is 9.89 Å². The van der Waals surface area contributed by atoms with Crippen molar-refractivity contribution in [3.8, 4) is 17.0 Å². The van der Waals surface area contributed by atoms with E-state index in [9.17, 15) is 4.79 Å². The van der Waals surface area contributed by atoms with E-state index in [0.717, 1.165) is 39.3 Å². The summed E-state index contributed by atoms with van der Waals surface area (Å²) in [6.07, 6.45) is 0. The van der Waals surface area contributed by atoms with Crippen LogP contribution in [0.3, 0.4) is 0 Å². The van der Waals surface area contributed by atoms with Crippen molar-refractivity contribution in [1.82, 2.24) is 15.1 Å². The SMILES string of the molecule is Cc1ccc(-c2n[nH]c3c2C(c2ccc(OCc4ccccc4)cc2)N(Cc2ccccc2)C3=O)cc1. The molecule has 182 valence electrons. The zero-order valence-electron chi connectivity index (χ0n) is 20.6. The van der Waals surface area contributed by atoms with Crippen LogP contribution < -0.4 is 4.74 Å². The molecule has 5 aromatic rings. The molecule has 2 heterocycles. The standard InChI is InChI=1S/C32H27N3O2/c1-22-12-14-25(15-13-22)29-28-30(34-33-29)32(36)35(20-23-8-4-2-5-9-23)31(28)26-16-18-27(19-17-26)37-21-24-10-6-3-7-11-24/h2-19,31H,20-21H2,1H3,(H,33,34). The highest BCUT2D eigenvalue weighted by Crippen LogP contribution is 2.43. The number of aromatic nitrogens is 2. The van der Waals surface area contributed by atoms with E-state index < -0.39 is 0 Å². The number of aromatic amines is 1. The number of amides is 1. The molecule has 0 aliphatic carbocycles. The Hall–Kier alpha value is -4.64. The Labute approximate surface area is 216 Å². The number of carbonyl (C=O) groups excluding carboxylic acids is 1. The molecule has 0 radical (unpaired) electrons. The number of H-pyrrole nitrogens is 1. The van der Waals surface area contributed by atoms with Gasteiger partial charge in [0.25, 0.3) is 5.91 Å². The summed E-state index contributed by atoms with van der Waals surface area (Å²) >= 11 is 0. The van der Waals surface area contributed by atoms with Crippen molar-refractivity contribution in [1.29, 1.82) is 0 Å². The molecule has 0 saturated heterocycles. The summed E-state index contributed by atoms with van der Waals surface area (Å²) < 4.78 is 6.01. The van der Waals surface area contributed by atoms with Gasteiger partial charge >= 0.3 is 0 Å². The van der Waals surface area contributed by atoms with Crippen LogP contribution in [0.5, 0.6) is 5.75 Å². The molecule has 0 fully saturated rings. The minimum atomic E-state index is -0.263. The van der Waals surface area contributed by atoms with E-state index in [1.165, 1.54) is 5.56 Å². The number of hydrogen-bond donors (Lipinski definition) is 1. The predicted octanol–water partition coefficient (Wildman–Crippen LogP) is 6.71. The molecule has 0 saturated carbocycles. The van der Waals surface area contributed by atoms with E-state index in [2.05, 4.69) is 65.7 Å². The van der Waals surface area contributed by atoms with Gasteiger partial charge in [-0.15, -0.1) is 0 Å². The number of nitrogens with zero attached hydrogens (tertiary/aromatic N) is 2. The minimum Gasteiger partial charge on any atom is -0.489 e. The fourth-order valence-electron chi connectivity index (χ4n) is 4.91. The molecule has 1 aliphatic heterocycles. The van der Waals surface area contributed by atoms with Gasteiger partial charge in [-0.05, 0) is 35.7 Å². The van der Waals surface area contributed by atoms with Gasteiger partial charge in [0, 0.05) is 17.7 Å². The first kappa shape index (κ1) is 22.8. The smallest absolute Gasteiger partial charge is 0.273 e. The van der Waals surface area contributed by atoms with E-state index in [0.29, 0.717) is 18.8 Å². The van der Waals surface area contributed by atoms with E-state index in [1.807, 2.05) is 65.6 Å². The quantitative estimate of drug-likeness (QED) is 0.279. The molecule has 5 heteroatoms. The van der Waals surface area contributed by atoms with Crippen molar-refractivity contribution < 1.29 is 9.53 Å². The van der Waals surface area contributed by atoms with Crippen LogP contribution in [0, 0.1) is 6.92 Å². The predicted molar refractivity (Wildman–Crippen MR) is 144 cm³/mol. The summed E-state index contributed by atoms with van der Waals surface area (Å²) in [7, 11) is 0. The highest BCUT2D eigenvalue weighted by molar-refractivity contribution is 6.00. The molecule has 4 aromatic carbocycles. The first-order valence-electron chi connectivity index (χ1n) is 12.4. The van der Waals surface area contributed by atoms with Crippen LogP contribution in [0.1, 0.15) is 44.3 Å². The molecule has 5 nitrogen and oxygen atoms in total. The Balaban J connectivity index is 1.36. The molecule has 1 aliphatic rings. The van der Waals surface area contributed by atoms with Crippen molar-refractivity contribution >= 4 is 5.91 Å². The molecule has 1 unspecified atom stereocenters. The molecule has 6 rings (SSSR count). The number of carbonyl (C=O) groups is 1. The molecule has 1 amide bonds. The molecule has 0 bridgehead atoms. The fourth-order valence-corrected chi connectivity index (χ4v) is 4.91. The third-order valence-corrected chi connectivity index (χ3v) is 6.83. The van der Waals surface area contributed by atoms with Crippen molar-refractivity contribution in [2.75, 3.05) is 0 Å². The molecule has 1 atom stereocenters. The van der Waals surface area contributed by atoms with Crippen LogP contribution in [0.25, 0.3) is 11.3 Å². The first-order valence-corrected chi connectivity index (χ1v) is 12.4. The lowest BCUT2D eigenvalue weighted by Gasteiger charge is -2.26. The Morgan fingerprint density at radius 1 is 0.811 bits per heavy atom. The maximum Gasteiger partial charge on any atom is 0.273 e. The summed E-state index contributed by atoms with van der Waals surface area (Å²) in [4.78, 5) is 15.6. The highest BCUT2D eigenvalue weighted by Gasteiger charge is 2.42. The lowest BCUT2D eigenvalue weighted by molar-refractivity contribution is 0.0730. The maximum atomic E-state index is 13.6. The van der Waals surface area contributed by atoms with E-state index >= 15 is 0 Å². The van der Waals surface area contributed by atoms with E-state index in [1.54, 1.807) is 0 Å². The van der Waals surface area contributed by atoms with Crippen molar-refractivity contribution in [2.24, 2.45) is 0 Å².